The van der Waals surface area contributed by atoms with Crippen LogP contribution in [0.25, 0.3) is 0 Å². The monoisotopic (exact) mass is 402 g/mol. The number of rotatable bonds is 6. The van der Waals surface area contributed by atoms with Crippen molar-refractivity contribution in [1.82, 2.24) is 10.0 Å². The minimum Gasteiger partial charge on any atom is -0.379 e. The molecular formula is C17H23ClN2O5S. The Morgan fingerprint density at radius 2 is 2.04 bits per heavy atom. The quantitative estimate of drug-likeness (QED) is 0.755. The van der Waals surface area contributed by atoms with Crippen molar-refractivity contribution in [3.63, 3.8) is 0 Å². The smallest absolute Gasteiger partial charge is 0.251 e. The van der Waals surface area contributed by atoms with Crippen molar-refractivity contribution in [2.75, 3.05) is 26.4 Å². The van der Waals surface area contributed by atoms with Crippen LogP contribution in [0.1, 0.15) is 36.0 Å². The number of nitrogens with one attached hydrogen (secondary N) is 2. The van der Waals surface area contributed by atoms with Crippen LogP contribution in [-0.4, -0.2) is 52.8 Å². The molecule has 2 atom stereocenters. The highest BCUT2D eigenvalue weighted by Gasteiger charge is 2.24. The van der Waals surface area contributed by atoms with E-state index in [0.717, 1.165) is 25.7 Å². The maximum absolute atomic E-state index is 12.6. The normalized spacial score (nSPS) is 23.7. The lowest BCUT2D eigenvalue weighted by atomic mass is 10.1. The molecule has 1 amide bonds. The molecule has 26 heavy (non-hydrogen) atoms. The van der Waals surface area contributed by atoms with Gasteiger partial charge in [-0.3, -0.25) is 4.79 Å². The van der Waals surface area contributed by atoms with Crippen LogP contribution in [0, 0.1) is 0 Å². The Hall–Kier alpha value is -1.19. The van der Waals surface area contributed by atoms with Crippen molar-refractivity contribution in [2.45, 2.75) is 42.7 Å². The standard InChI is InChI=1S/C17H23ClN2O5S/c18-15-6-5-12(17(21)20-13-3-1-7-24-11-13)9-16(15)26(22,23)19-10-14-4-2-8-25-14/h5-6,9,13-14,19H,1-4,7-8,10-11H2,(H,20,21). The Kier molecular flexibility index (Phi) is 6.52. The van der Waals surface area contributed by atoms with E-state index in [9.17, 15) is 13.2 Å². The molecule has 2 aliphatic rings. The number of halogens is 1. The maximum Gasteiger partial charge on any atom is 0.251 e. The molecule has 2 saturated heterocycles. The first-order valence-electron chi connectivity index (χ1n) is 8.75. The Bertz CT molecular complexity index is 744. The Morgan fingerprint density at radius 3 is 2.73 bits per heavy atom. The molecular weight excluding hydrogens is 380 g/mol. The number of carbonyl (C=O) groups excluding carboxylic acids is 1. The molecule has 0 aliphatic carbocycles. The summed E-state index contributed by atoms with van der Waals surface area (Å²) in [5.41, 5.74) is 0.248. The third-order valence-electron chi connectivity index (χ3n) is 4.50. The van der Waals surface area contributed by atoms with E-state index < -0.39 is 10.0 Å². The van der Waals surface area contributed by atoms with Gasteiger partial charge in [0.15, 0.2) is 0 Å². The maximum atomic E-state index is 12.6. The van der Waals surface area contributed by atoms with Gasteiger partial charge in [0.1, 0.15) is 4.90 Å². The predicted octanol–water partition coefficient (Wildman–Crippen LogP) is 1.71. The molecule has 0 saturated carbocycles. The zero-order chi connectivity index (χ0) is 18.6. The van der Waals surface area contributed by atoms with Crippen molar-refractivity contribution < 1.29 is 22.7 Å². The molecule has 1 aromatic carbocycles. The van der Waals surface area contributed by atoms with E-state index in [0.29, 0.717) is 19.8 Å². The summed E-state index contributed by atoms with van der Waals surface area (Å²) < 4.78 is 38.4. The van der Waals surface area contributed by atoms with E-state index in [2.05, 4.69) is 10.0 Å². The van der Waals surface area contributed by atoms with Gasteiger partial charge in [0, 0.05) is 25.3 Å². The summed E-state index contributed by atoms with van der Waals surface area (Å²) in [4.78, 5) is 12.3. The summed E-state index contributed by atoms with van der Waals surface area (Å²) >= 11 is 6.07. The van der Waals surface area contributed by atoms with Crippen molar-refractivity contribution in [3.8, 4) is 0 Å². The number of sulfonamides is 1. The van der Waals surface area contributed by atoms with E-state index in [1.54, 1.807) is 0 Å². The topological polar surface area (TPSA) is 93.7 Å². The second-order valence-electron chi connectivity index (χ2n) is 6.52. The van der Waals surface area contributed by atoms with Crippen molar-refractivity contribution in [3.05, 3.63) is 28.8 Å². The van der Waals surface area contributed by atoms with Crippen molar-refractivity contribution in [1.29, 1.82) is 0 Å². The molecule has 2 heterocycles. The number of ether oxygens (including phenoxy) is 2. The molecule has 7 nitrogen and oxygen atoms in total. The summed E-state index contributed by atoms with van der Waals surface area (Å²) in [7, 11) is -3.83. The van der Waals surface area contributed by atoms with E-state index in [1.165, 1.54) is 18.2 Å². The summed E-state index contributed by atoms with van der Waals surface area (Å²) in [6.07, 6.45) is 3.35. The van der Waals surface area contributed by atoms with E-state index in [1.807, 2.05) is 0 Å². The van der Waals surface area contributed by atoms with Crippen LogP contribution in [0.4, 0.5) is 0 Å². The molecule has 0 bridgehead atoms. The first-order valence-corrected chi connectivity index (χ1v) is 10.6. The van der Waals surface area contributed by atoms with Gasteiger partial charge >= 0.3 is 0 Å². The molecule has 0 spiro atoms. The number of carbonyl (C=O) groups is 1. The highest BCUT2D eigenvalue weighted by atomic mass is 35.5. The third-order valence-corrected chi connectivity index (χ3v) is 6.41. The average molecular weight is 403 g/mol. The first kappa shape index (κ1) is 19.6. The fourth-order valence-electron chi connectivity index (χ4n) is 3.06. The van der Waals surface area contributed by atoms with Crippen molar-refractivity contribution in [2.24, 2.45) is 0 Å². The zero-order valence-electron chi connectivity index (χ0n) is 14.4. The largest absolute Gasteiger partial charge is 0.379 e. The van der Waals surface area contributed by atoms with Crippen LogP contribution in [0.3, 0.4) is 0 Å². The van der Waals surface area contributed by atoms with E-state index in [4.69, 9.17) is 21.1 Å². The fraction of sp³-hybridized carbons (Fsp3) is 0.588. The first-order chi connectivity index (χ1) is 12.5. The van der Waals surface area contributed by atoms with Gasteiger partial charge in [-0.1, -0.05) is 11.6 Å². The minimum atomic E-state index is -3.83. The second-order valence-corrected chi connectivity index (χ2v) is 8.66. The molecule has 0 aromatic heterocycles. The third kappa shape index (κ3) is 4.95. The molecule has 2 aliphatic heterocycles. The van der Waals surface area contributed by atoms with Crippen LogP contribution in [0.2, 0.25) is 5.02 Å². The molecule has 144 valence electrons. The van der Waals surface area contributed by atoms with Crippen LogP contribution >= 0.6 is 11.6 Å². The van der Waals surface area contributed by atoms with Gasteiger partial charge in [0.25, 0.3) is 5.91 Å². The molecule has 9 heteroatoms. The van der Waals surface area contributed by atoms with Crippen LogP contribution < -0.4 is 10.0 Å². The van der Waals surface area contributed by atoms with Gasteiger partial charge in [-0.05, 0) is 43.9 Å². The van der Waals surface area contributed by atoms with Gasteiger partial charge in [-0.25, -0.2) is 13.1 Å². The van der Waals surface area contributed by atoms with Gasteiger partial charge in [0.05, 0.1) is 23.8 Å². The van der Waals surface area contributed by atoms with E-state index >= 15 is 0 Å². The lowest BCUT2D eigenvalue weighted by Crippen LogP contribution is -2.40. The second kappa shape index (κ2) is 8.67. The summed E-state index contributed by atoms with van der Waals surface area (Å²) in [5.74, 6) is -0.340. The predicted molar refractivity (Wildman–Crippen MR) is 96.9 cm³/mol. The highest BCUT2D eigenvalue weighted by Crippen LogP contribution is 2.23. The Balaban J connectivity index is 1.70. The van der Waals surface area contributed by atoms with Gasteiger partial charge in [-0.15, -0.1) is 0 Å². The van der Waals surface area contributed by atoms with Crippen molar-refractivity contribution >= 4 is 27.5 Å². The SMILES string of the molecule is O=C(NC1CCCOC1)c1ccc(Cl)c(S(=O)(=O)NCC2CCCO2)c1. The zero-order valence-corrected chi connectivity index (χ0v) is 15.9. The van der Waals surface area contributed by atoms with Gasteiger partial charge < -0.3 is 14.8 Å². The van der Waals surface area contributed by atoms with Crippen LogP contribution in [0.15, 0.2) is 23.1 Å². The minimum absolute atomic E-state index is 0.0652. The van der Waals surface area contributed by atoms with Gasteiger partial charge in [-0.2, -0.15) is 0 Å². The molecule has 0 radical (unpaired) electrons. The molecule has 3 rings (SSSR count). The molecule has 2 N–H and O–H groups in total. The van der Waals surface area contributed by atoms with Gasteiger partial charge in [0.2, 0.25) is 10.0 Å². The lowest BCUT2D eigenvalue weighted by Gasteiger charge is -2.23. The lowest BCUT2D eigenvalue weighted by molar-refractivity contribution is 0.0624. The molecule has 2 unspecified atom stereocenters. The number of amides is 1. The number of hydrogen-bond donors (Lipinski definition) is 2. The molecule has 1 aromatic rings. The summed E-state index contributed by atoms with van der Waals surface area (Å²) in [6.45, 7) is 2.00. The van der Waals surface area contributed by atoms with Crippen LogP contribution in [-0.2, 0) is 19.5 Å². The average Bonchev–Trinajstić information content (AvgIpc) is 3.15. The van der Waals surface area contributed by atoms with Crippen LogP contribution in [0.5, 0.6) is 0 Å². The van der Waals surface area contributed by atoms with E-state index in [-0.39, 0.29) is 40.1 Å². The Morgan fingerprint density at radius 1 is 1.23 bits per heavy atom. The number of benzene rings is 1. The summed E-state index contributed by atoms with van der Waals surface area (Å²) in [5, 5.41) is 2.94. The summed E-state index contributed by atoms with van der Waals surface area (Å²) in [6, 6.07) is 4.18. The highest BCUT2D eigenvalue weighted by molar-refractivity contribution is 7.89. The Labute approximate surface area is 158 Å². The molecule has 2 fully saturated rings. The number of hydrogen-bond acceptors (Lipinski definition) is 5. The fourth-order valence-corrected chi connectivity index (χ4v) is 4.65.